The number of hydrogen-bond donors (Lipinski definition) is 2. The Hall–Kier alpha value is -3.20. The third-order valence-electron chi connectivity index (χ3n) is 5.45. The number of ether oxygens (including phenoxy) is 1. The quantitative estimate of drug-likeness (QED) is 0.646. The van der Waals surface area contributed by atoms with E-state index in [4.69, 9.17) is 4.74 Å². The number of likely N-dealkylation sites (tertiary alicyclic amines) is 1. The molecule has 2 N–H and O–H groups in total. The van der Waals surface area contributed by atoms with E-state index in [1.807, 2.05) is 12.1 Å². The van der Waals surface area contributed by atoms with Gasteiger partial charge < -0.3 is 20.3 Å². The van der Waals surface area contributed by atoms with Gasteiger partial charge in [0.2, 0.25) is 0 Å². The SMILES string of the molecule is CCOC(=O)N1CCC(NC(=O)c2cccc(C(=O)NCc3ccc(S(C)=O)cc3)c2)CC1. The van der Waals surface area contributed by atoms with Gasteiger partial charge in [-0.05, 0) is 55.7 Å². The van der Waals surface area contributed by atoms with E-state index in [0.29, 0.717) is 50.2 Å². The number of rotatable bonds is 7. The molecule has 1 fully saturated rings. The molecule has 2 aromatic carbocycles. The highest BCUT2D eigenvalue weighted by Gasteiger charge is 2.25. The first-order valence-electron chi connectivity index (χ1n) is 10.9. The maximum absolute atomic E-state index is 12.7. The Bertz CT molecular complexity index is 1020. The number of carbonyl (C=O) groups excluding carboxylic acids is 3. The van der Waals surface area contributed by atoms with Crippen molar-refractivity contribution in [1.82, 2.24) is 15.5 Å². The zero-order valence-electron chi connectivity index (χ0n) is 18.8. The van der Waals surface area contributed by atoms with Gasteiger partial charge in [0, 0.05) is 58.8 Å². The third kappa shape index (κ3) is 6.89. The van der Waals surface area contributed by atoms with Crippen molar-refractivity contribution in [2.24, 2.45) is 0 Å². The van der Waals surface area contributed by atoms with Crippen LogP contribution in [0.25, 0.3) is 0 Å². The average Bonchev–Trinajstić information content (AvgIpc) is 2.83. The van der Waals surface area contributed by atoms with Crippen molar-refractivity contribution >= 4 is 28.7 Å². The summed E-state index contributed by atoms with van der Waals surface area (Å²) in [5.41, 5.74) is 1.69. The summed E-state index contributed by atoms with van der Waals surface area (Å²) < 4.78 is 16.5. The minimum atomic E-state index is -1.04. The summed E-state index contributed by atoms with van der Waals surface area (Å²) in [6, 6.07) is 13.7. The Morgan fingerprint density at radius 2 is 1.67 bits per heavy atom. The van der Waals surface area contributed by atoms with Gasteiger partial charge in [0.05, 0.1) is 6.61 Å². The first kappa shape index (κ1) is 24.4. The van der Waals surface area contributed by atoms with E-state index in [2.05, 4.69) is 10.6 Å². The van der Waals surface area contributed by atoms with Crippen LogP contribution in [0.5, 0.6) is 0 Å². The van der Waals surface area contributed by atoms with E-state index in [1.165, 1.54) is 0 Å². The molecule has 1 saturated heterocycles. The standard InChI is InChI=1S/C24H29N3O5S/c1-3-32-24(30)27-13-11-20(12-14-27)26-23(29)19-6-4-5-18(15-19)22(28)25-16-17-7-9-21(10-8-17)33(2)31/h4-10,15,20H,3,11-14,16H2,1-2H3,(H,25,28)(H,26,29). The lowest BCUT2D eigenvalue weighted by Gasteiger charge is -2.31. The normalized spacial score (nSPS) is 14.9. The van der Waals surface area contributed by atoms with Crippen molar-refractivity contribution in [1.29, 1.82) is 0 Å². The van der Waals surface area contributed by atoms with Gasteiger partial charge in [0.1, 0.15) is 0 Å². The first-order valence-corrected chi connectivity index (χ1v) is 12.5. The van der Waals surface area contributed by atoms with Crippen LogP contribution in [-0.2, 0) is 22.1 Å². The second kappa shape index (κ2) is 11.6. The molecule has 2 aromatic rings. The molecule has 0 saturated carbocycles. The zero-order chi connectivity index (χ0) is 23.8. The molecule has 3 amide bonds. The van der Waals surface area contributed by atoms with Gasteiger partial charge in [0.25, 0.3) is 11.8 Å². The van der Waals surface area contributed by atoms with Gasteiger partial charge in [-0.25, -0.2) is 4.79 Å². The summed E-state index contributed by atoms with van der Waals surface area (Å²) in [5.74, 6) is -0.530. The summed E-state index contributed by atoms with van der Waals surface area (Å²) in [6.07, 6.45) is 2.59. The Labute approximate surface area is 196 Å². The highest BCUT2D eigenvalue weighted by Crippen LogP contribution is 2.14. The van der Waals surface area contributed by atoms with Crippen LogP contribution in [0.15, 0.2) is 53.4 Å². The van der Waals surface area contributed by atoms with E-state index in [1.54, 1.807) is 54.5 Å². The lowest BCUT2D eigenvalue weighted by Crippen LogP contribution is -2.46. The number of nitrogens with zero attached hydrogens (tertiary/aromatic N) is 1. The molecule has 1 aliphatic heterocycles. The van der Waals surface area contributed by atoms with E-state index >= 15 is 0 Å². The fourth-order valence-corrected chi connectivity index (χ4v) is 4.09. The van der Waals surface area contributed by atoms with E-state index in [-0.39, 0.29) is 23.9 Å². The molecule has 0 spiro atoms. The number of amides is 3. The van der Waals surface area contributed by atoms with Crippen molar-refractivity contribution in [3.8, 4) is 0 Å². The van der Waals surface area contributed by atoms with Crippen LogP contribution in [0, 0.1) is 0 Å². The summed E-state index contributed by atoms with van der Waals surface area (Å²) in [6.45, 7) is 3.49. The second-order valence-electron chi connectivity index (χ2n) is 7.80. The van der Waals surface area contributed by atoms with Crippen LogP contribution in [0.2, 0.25) is 0 Å². The van der Waals surface area contributed by atoms with E-state index in [0.717, 1.165) is 10.5 Å². The maximum atomic E-state index is 12.7. The van der Waals surface area contributed by atoms with Crippen LogP contribution in [0.4, 0.5) is 4.79 Å². The topological polar surface area (TPSA) is 105 Å². The number of piperidine rings is 1. The Balaban J connectivity index is 1.52. The molecule has 8 nitrogen and oxygen atoms in total. The van der Waals surface area contributed by atoms with Crippen molar-refractivity contribution in [3.05, 3.63) is 65.2 Å². The summed E-state index contributed by atoms with van der Waals surface area (Å²) >= 11 is 0. The van der Waals surface area contributed by atoms with Crippen molar-refractivity contribution in [2.75, 3.05) is 26.0 Å². The maximum Gasteiger partial charge on any atom is 0.409 e. The fraction of sp³-hybridized carbons (Fsp3) is 0.375. The molecular weight excluding hydrogens is 442 g/mol. The van der Waals surface area contributed by atoms with Gasteiger partial charge >= 0.3 is 6.09 Å². The number of hydrogen-bond acceptors (Lipinski definition) is 5. The number of benzene rings is 2. The number of carbonyl (C=O) groups is 3. The predicted octanol–water partition coefficient (Wildman–Crippen LogP) is 2.70. The van der Waals surface area contributed by atoms with Gasteiger partial charge in [-0.1, -0.05) is 18.2 Å². The molecule has 9 heteroatoms. The molecule has 3 rings (SSSR count). The lowest BCUT2D eigenvalue weighted by atomic mass is 10.0. The highest BCUT2D eigenvalue weighted by atomic mass is 32.2. The zero-order valence-corrected chi connectivity index (χ0v) is 19.7. The van der Waals surface area contributed by atoms with Gasteiger partial charge in [-0.3, -0.25) is 13.8 Å². The number of nitrogens with one attached hydrogen (secondary N) is 2. The highest BCUT2D eigenvalue weighted by molar-refractivity contribution is 7.84. The minimum absolute atomic E-state index is 0.0407. The Morgan fingerprint density at radius 1 is 1.03 bits per heavy atom. The molecule has 0 radical (unpaired) electrons. The van der Waals surface area contributed by atoms with Gasteiger partial charge in [-0.15, -0.1) is 0 Å². The van der Waals surface area contributed by atoms with Crippen LogP contribution in [0.3, 0.4) is 0 Å². The van der Waals surface area contributed by atoms with E-state index in [9.17, 15) is 18.6 Å². The molecule has 1 unspecified atom stereocenters. The van der Waals surface area contributed by atoms with Crippen molar-refractivity contribution in [3.63, 3.8) is 0 Å². The van der Waals surface area contributed by atoms with E-state index < -0.39 is 10.8 Å². The molecule has 1 heterocycles. The molecule has 0 aliphatic carbocycles. The third-order valence-corrected chi connectivity index (χ3v) is 6.39. The van der Waals surface area contributed by atoms with Crippen LogP contribution < -0.4 is 10.6 Å². The molecule has 1 atom stereocenters. The first-order chi connectivity index (χ1) is 15.9. The monoisotopic (exact) mass is 471 g/mol. The smallest absolute Gasteiger partial charge is 0.409 e. The predicted molar refractivity (Wildman–Crippen MR) is 125 cm³/mol. The molecule has 176 valence electrons. The molecule has 1 aliphatic rings. The Kier molecular flexibility index (Phi) is 8.59. The molecular formula is C24H29N3O5S. The minimum Gasteiger partial charge on any atom is -0.450 e. The fourth-order valence-electron chi connectivity index (χ4n) is 3.57. The summed E-state index contributed by atoms with van der Waals surface area (Å²) in [7, 11) is -1.04. The Morgan fingerprint density at radius 3 is 2.27 bits per heavy atom. The second-order valence-corrected chi connectivity index (χ2v) is 9.17. The molecule has 0 aromatic heterocycles. The van der Waals surface area contributed by atoms with Crippen molar-refractivity contribution in [2.45, 2.75) is 37.2 Å². The van der Waals surface area contributed by atoms with Gasteiger partial charge in [0.15, 0.2) is 0 Å². The largest absolute Gasteiger partial charge is 0.450 e. The van der Waals surface area contributed by atoms with Crippen LogP contribution in [-0.4, -0.2) is 59.0 Å². The van der Waals surface area contributed by atoms with Gasteiger partial charge in [-0.2, -0.15) is 0 Å². The van der Waals surface area contributed by atoms with Crippen molar-refractivity contribution < 1.29 is 23.3 Å². The average molecular weight is 472 g/mol. The lowest BCUT2D eigenvalue weighted by molar-refractivity contribution is 0.0859. The van der Waals surface area contributed by atoms with Crippen LogP contribution in [0.1, 0.15) is 46.0 Å². The summed E-state index contributed by atoms with van der Waals surface area (Å²) in [5, 5.41) is 5.83. The van der Waals surface area contributed by atoms with Crippen LogP contribution >= 0.6 is 0 Å². The molecule has 33 heavy (non-hydrogen) atoms. The summed E-state index contributed by atoms with van der Waals surface area (Å²) in [4.78, 5) is 39.4. The molecule has 0 bridgehead atoms.